The lowest BCUT2D eigenvalue weighted by Gasteiger charge is -2.36. The number of hydrogen-bond donors (Lipinski definition) is 0. The van der Waals surface area contributed by atoms with Gasteiger partial charge >= 0.3 is 0 Å². The van der Waals surface area contributed by atoms with E-state index in [0.717, 1.165) is 33.6 Å². The second kappa shape index (κ2) is 9.44. The molecule has 0 saturated carbocycles. The number of rotatable bonds is 4. The predicted octanol–water partition coefficient (Wildman–Crippen LogP) is 9.90. The van der Waals surface area contributed by atoms with Crippen molar-refractivity contribution >= 4 is 27.8 Å². The summed E-state index contributed by atoms with van der Waals surface area (Å²) < 4.78 is 38.9. The average Bonchev–Trinajstić information content (AvgIpc) is 3.56. The van der Waals surface area contributed by atoms with E-state index in [1.165, 1.54) is 27.6 Å². The summed E-state index contributed by atoms with van der Waals surface area (Å²) in [7, 11) is 0. The lowest BCUT2D eigenvalue weighted by molar-refractivity contribution is 0.279. The SMILES string of the molecule is [2H]C([2H])([2H])[C@]1(C)COC(c2cc(Oc3cc4c(cc3C)C(C)(C)c3cc(C(C)(C)C)cc5c6cccnc6n-4c35)cc(C(C)C)c2)=N1. The largest absolute Gasteiger partial charge is 0.475 e. The number of benzene rings is 3. The average molecular weight is 589 g/mol. The highest BCUT2D eigenvalue weighted by Crippen LogP contribution is 2.50. The molecule has 1 atom stereocenters. The molecule has 0 bridgehead atoms. The Morgan fingerprint density at radius 1 is 1.00 bits per heavy atom. The number of pyridine rings is 1. The molecule has 0 saturated heterocycles. The molecule has 5 nitrogen and oxygen atoms in total. The zero-order valence-corrected chi connectivity index (χ0v) is 27.2. The third-order valence-corrected chi connectivity index (χ3v) is 9.28. The number of aliphatic imine (C=N–C) groups is 1. The molecule has 5 heteroatoms. The van der Waals surface area contributed by atoms with E-state index in [0.29, 0.717) is 17.2 Å². The van der Waals surface area contributed by atoms with Crippen molar-refractivity contribution in [3.05, 3.63) is 94.2 Å². The Morgan fingerprint density at radius 2 is 1.80 bits per heavy atom. The normalized spacial score (nSPS) is 20.2. The van der Waals surface area contributed by atoms with Crippen LogP contribution in [-0.2, 0) is 15.6 Å². The van der Waals surface area contributed by atoms with Gasteiger partial charge in [0.2, 0.25) is 5.90 Å². The Hall–Kier alpha value is -4.12. The molecule has 0 amide bonds. The Kier molecular flexibility index (Phi) is 5.41. The highest BCUT2D eigenvalue weighted by atomic mass is 16.5. The van der Waals surface area contributed by atoms with Crippen molar-refractivity contribution in [1.29, 1.82) is 0 Å². The Bertz CT molecular complexity index is 2130. The number of ether oxygens (including phenoxy) is 2. The summed E-state index contributed by atoms with van der Waals surface area (Å²) >= 11 is 0. The first-order valence-corrected chi connectivity index (χ1v) is 15.5. The van der Waals surface area contributed by atoms with Crippen LogP contribution in [0.5, 0.6) is 11.5 Å². The van der Waals surface area contributed by atoms with Crippen LogP contribution in [0.2, 0.25) is 0 Å². The number of aryl methyl sites for hydroxylation is 1. The molecule has 0 unspecified atom stereocenters. The minimum atomic E-state index is -2.27. The first-order chi connectivity index (χ1) is 21.9. The van der Waals surface area contributed by atoms with E-state index in [2.05, 4.69) is 95.3 Å². The molecular weight excluding hydrogens is 542 g/mol. The summed E-state index contributed by atoms with van der Waals surface area (Å²) in [5.74, 6) is 1.93. The lowest BCUT2D eigenvalue weighted by atomic mass is 9.72. The van der Waals surface area contributed by atoms with Gasteiger partial charge in [0.15, 0.2) is 0 Å². The fraction of sp³-hybridized carbons (Fsp3) is 0.385. The Morgan fingerprint density at radius 3 is 2.50 bits per heavy atom. The summed E-state index contributed by atoms with van der Waals surface area (Å²) in [6, 6.07) is 19.3. The third kappa shape index (κ3) is 4.43. The van der Waals surface area contributed by atoms with E-state index in [1.54, 1.807) is 6.92 Å². The zero-order chi connectivity index (χ0) is 33.8. The van der Waals surface area contributed by atoms with Crippen molar-refractivity contribution in [1.82, 2.24) is 9.55 Å². The number of hydrogen-bond acceptors (Lipinski definition) is 4. The number of aromatic nitrogens is 2. The molecule has 0 N–H and O–H groups in total. The van der Waals surface area contributed by atoms with Gasteiger partial charge in [-0.3, -0.25) is 4.57 Å². The van der Waals surface area contributed by atoms with Crippen LogP contribution in [0.4, 0.5) is 0 Å². The number of fused-ring (bicyclic) bond motifs is 5. The maximum Gasteiger partial charge on any atom is 0.216 e. The van der Waals surface area contributed by atoms with Crippen molar-refractivity contribution in [2.24, 2.45) is 4.99 Å². The molecule has 226 valence electrons. The van der Waals surface area contributed by atoms with Gasteiger partial charge in [-0.05, 0) is 102 Å². The van der Waals surface area contributed by atoms with Gasteiger partial charge in [-0.2, -0.15) is 0 Å². The van der Waals surface area contributed by atoms with Gasteiger partial charge in [0.1, 0.15) is 23.8 Å². The fourth-order valence-electron chi connectivity index (χ4n) is 6.64. The van der Waals surface area contributed by atoms with Crippen molar-refractivity contribution in [3.63, 3.8) is 0 Å². The highest BCUT2D eigenvalue weighted by Gasteiger charge is 2.37. The minimum Gasteiger partial charge on any atom is -0.475 e. The maximum atomic E-state index is 7.99. The van der Waals surface area contributed by atoms with Gasteiger partial charge in [0, 0.05) is 38.1 Å². The van der Waals surface area contributed by atoms with E-state index in [9.17, 15) is 0 Å². The molecule has 44 heavy (non-hydrogen) atoms. The third-order valence-electron chi connectivity index (χ3n) is 9.28. The summed E-state index contributed by atoms with van der Waals surface area (Å²) in [4.78, 5) is 9.46. The van der Waals surface area contributed by atoms with Crippen LogP contribution >= 0.6 is 0 Å². The smallest absolute Gasteiger partial charge is 0.216 e. The molecule has 2 aliphatic rings. The topological polar surface area (TPSA) is 48.6 Å². The van der Waals surface area contributed by atoms with Crippen LogP contribution in [0.25, 0.3) is 27.6 Å². The van der Waals surface area contributed by atoms with Crippen LogP contribution in [0.1, 0.15) is 106 Å². The van der Waals surface area contributed by atoms with E-state index in [4.69, 9.17) is 18.6 Å². The van der Waals surface area contributed by atoms with Crippen LogP contribution in [-0.4, -0.2) is 27.6 Å². The maximum absolute atomic E-state index is 7.99. The molecule has 7 rings (SSSR count). The van der Waals surface area contributed by atoms with E-state index in [-0.39, 0.29) is 23.4 Å². The molecule has 0 spiro atoms. The van der Waals surface area contributed by atoms with Gasteiger partial charge in [-0.25, -0.2) is 9.98 Å². The van der Waals surface area contributed by atoms with Crippen LogP contribution < -0.4 is 4.74 Å². The molecule has 0 fully saturated rings. The predicted molar refractivity (Wildman–Crippen MR) is 181 cm³/mol. The molecular formula is C39H43N3O2. The van der Waals surface area contributed by atoms with Gasteiger partial charge in [-0.15, -0.1) is 0 Å². The van der Waals surface area contributed by atoms with Crippen molar-refractivity contribution in [3.8, 4) is 17.2 Å². The summed E-state index contributed by atoms with van der Waals surface area (Å²) in [5.41, 5.74) is 8.24. The second-order valence-corrected chi connectivity index (χ2v) is 14.7. The van der Waals surface area contributed by atoms with Gasteiger partial charge in [0.25, 0.3) is 0 Å². The molecule has 4 heterocycles. The monoisotopic (exact) mass is 588 g/mol. The van der Waals surface area contributed by atoms with Crippen molar-refractivity contribution in [2.75, 3.05) is 6.61 Å². The standard InChI is InChI=1S/C39H43N3O2/c1-22(2)24-15-25(36-41-38(7,8)21-43-36)17-27(16-24)44-33-20-32-30(14-23(33)3)39(9,10)31-19-26(37(4,5)6)18-29-28-12-11-13-40-35(28)42(32)34(29)31/h11-20,22H,21H2,1-10H3/i7D3/t38-/m0/s1. The quantitative estimate of drug-likeness (QED) is 0.210. The van der Waals surface area contributed by atoms with Crippen LogP contribution in [0, 0.1) is 6.92 Å². The molecule has 0 radical (unpaired) electrons. The molecule has 3 aromatic carbocycles. The molecule has 5 aromatic rings. The van der Waals surface area contributed by atoms with E-state index in [1.807, 2.05) is 30.5 Å². The molecule has 2 aromatic heterocycles. The Labute approximate surface area is 265 Å². The minimum absolute atomic E-state index is 0.00482. The highest BCUT2D eigenvalue weighted by molar-refractivity contribution is 6.10. The van der Waals surface area contributed by atoms with Gasteiger partial charge in [-0.1, -0.05) is 54.5 Å². The van der Waals surface area contributed by atoms with E-state index >= 15 is 0 Å². The summed E-state index contributed by atoms with van der Waals surface area (Å²) in [6.45, 7) is 17.1. The molecule has 0 aliphatic carbocycles. The second-order valence-electron chi connectivity index (χ2n) is 14.7. The number of nitrogens with zero attached hydrogens (tertiary/aromatic N) is 3. The van der Waals surface area contributed by atoms with Gasteiger partial charge in [0.05, 0.1) is 16.7 Å². The van der Waals surface area contributed by atoms with Crippen molar-refractivity contribution in [2.45, 2.75) is 91.5 Å². The van der Waals surface area contributed by atoms with Crippen LogP contribution in [0.15, 0.2) is 65.8 Å². The van der Waals surface area contributed by atoms with Crippen LogP contribution in [0.3, 0.4) is 0 Å². The first kappa shape index (κ1) is 25.2. The zero-order valence-electron chi connectivity index (χ0n) is 30.2. The summed E-state index contributed by atoms with van der Waals surface area (Å²) in [5, 5.41) is 2.35. The first-order valence-electron chi connectivity index (χ1n) is 17.0. The molecule has 2 aliphatic heterocycles. The van der Waals surface area contributed by atoms with Gasteiger partial charge < -0.3 is 9.47 Å². The van der Waals surface area contributed by atoms with Crippen molar-refractivity contribution < 1.29 is 13.6 Å². The lowest BCUT2D eigenvalue weighted by Crippen LogP contribution is -2.27. The summed E-state index contributed by atoms with van der Waals surface area (Å²) in [6.07, 6.45) is 1.87. The van der Waals surface area contributed by atoms with E-state index < -0.39 is 12.4 Å². The fourth-order valence-corrected chi connectivity index (χ4v) is 6.64. The Balaban J connectivity index is 1.40.